The molecule has 0 unspecified atom stereocenters. The normalized spacial score (nSPS) is 17.8. The molecule has 0 bridgehead atoms. The van der Waals surface area contributed by atoms with Crippen molar-refractivity contribution in [3.8, 4) is 0 Å². The topological polar surface area (TPSA) is 115 Å². The second-order valence-electron chi connectivity index (χ2n) is 4.50. The third-order valence-electron chi connectivity index (χ3n) is 3.21. The summed E-state index contributed by atoms with van der Waals surface area (Å²) in [5.74, 6) is 0. The maximum Gasteiger partial charge on any atom is 0.328 e. The van der Waals surface area contributed by atoms with Crippen LogP contribution in [-0.4, -0.2) is 18.0 Å². The van der Waals surface area contributed by atoms with Crippen LogP contribution < -0.4 is 16.4 Å². The van der Waals surface area contributed by atoms with Gasteiger partial charge in [0.1, 0.15) is 0 Å². The lowest BCUT2D eigenvalue weighted by Crippen LogP contribution is -2.36. The second kappa shape index (κ2) is 4.69. The maximum atomic E-state index is 11.7. The number of aromatic nitrogens is 2. The second-order valence-corrected chi connectivity index (χ2v) is 6.03. The van der Waals surface area contributed by atoms with Crippen LogP contribution in [0.15, 0.2) is 20.7 Å². The molecule has 8 heteroatoms. The molecule has 3 N–H and O–H groups in total. The van der Waals surface area contributed by atoms with Gasteiger partial charge in [-0.05, 0) is 12.8 Å². The highest BCUT2D eigenvalue weighted by Crippen LogP contribution is 2.26. The third-order valence-corrected chi connectivity index (χ3v) is 4.11. The molecule has 1 aliphatic carbocycles. The smallest absolute Gasteiger partial charge is 0.296 e. The predicted molar refractivity (Wildman–Crippen MR) is 64.8 cm³/mol. The number of nitrogens with two attached hydrogens (primary N) is 1. The number of nitrogens with one attached hydrogen (secondary N) is 1. The van der Waals surface area contributed by atoms with Gasteiger partial charge in [0.05, 0.1) is 0 Å². The minimum Gasteiger partial charge on any atom is -0.296 e. The molecule has 2 rings (SSSR count). The minimum atomic E-state index is -4.11. The highest BCUT2D eigenvalue weighted by Gasteiger charge is 2.21. The van der Waals surface area contributed by atoms with E-state index in [0.29, 0.717) is 0 Å². The van der Waals surface area contributed by atoms with Crippen molar-refractivity contribution in [1.29, 1.82) is 0 Å². The molecule has 0 radical (unpaired) electrons. The standard InChI is InChI=1S/C10H15N3O4S/c11-18(16,17)8-6-13(10(15)12-9(8)14)7-4-2-1-3-5-7/h6-7H,1-5H2,(H2,11,16,17)(H,12,14,15). The highest BCUT2D eigenvalue weighted by molar-refractivity contribution is 7.89. The monoisotopic (exact) mass is 273 g/mol. The summed E-state index contributed by atoms with van der Waals surface area (Å²) in [4.78, 5) is 24.5. The molecule has 0 spiro atoms. The van der Waals surface area contributed by atoms with Crippen molar-refractivity contribution in [2.45, 2.75) is 43.0 Å². The predicted octanol–water partition coefficient (Wildman–Crippen LogP) is -0.311. The molecular weight excluding hydrogens is 258 g/mol. The largest absolute Gasteiger partial charge is 0.328 e. The molecule has 1 aliphatic rings. The molecular formula is C10H15N3O4S. The van der Waals surface area contributed by atoms with E-state index in [4.69, 9.17) is 5.14 Å². The van der Waals surface area contributed by atoms with Gasteiger partial charge < -0.3 is 0 Å². The Balaban J connectivity index is 2.54. The zero-order valence-electron chi connectivity index (χ0n) is 9.76. The van der Waals surface area contributed by atoms with E-state index in [0.717, 1.165) is 38.3 Å². The van der Waals surface area contributed by atoms with E-state index in [1.807, 2.05) is 4.98 Å². The molecule has 0 aromatic carbocycles. The van der Waals surface area contributed by atoms with Crippen LogP contribution in [0.2, 0.25) is 0 Å². The summed E-state index contributed by atoms with van der Waals surface area (Å²) in [6.45, 7) is 0. The van der Waals surface area contributed by atoms with Crippen molar-refractivity contribution in [3.05, 3.63) is 27.0 Å². The molecule has 1 aromatic rings. The molecule has 7 nitrogen and oxygen atoms in total. The van der Waals surface area contributed by atoms with Crippen LogP contribution in [-0.2, 0) is 10.0 Å². The number of H-pyrrole nitrogens is 1. The van der Waals surface area contributed by atoms with Gasteiger partial charge in [-0.3, -0.25) is 14.3 Å². The van der Waals surface area contributed by atoms with Crippen molar-refractivity contribution in [3.63, 3.8) is 0 Å². The Bertz CT molecular complexity index is 652. The Morgan fingerprint density at radius 2 is 1.83 bits per heavy atom. The average molecular weight is 273 g/mol. The van der Waals surface area contributed by atoms with Gasteiger partial charge in [0.2, 0.25) is 10.0 Å². The fraction of sp³-hybridized carbons (Fsp3) is 0.600. The fourth-order valence-corrected chi connectivity index (χ4v) is 2.87. The quantitative estimate of drug-likeness (QED) is 0.768. The summed E-state index contributed by atoms with van der Waals surface area (Å²) in [7, 11) is -4.11. The first-order chi connectivity index (χ1) is 8.39. The van der Waals surface area contributed by atoms with E-state index in [9.17, 15) is 18.0 Å². The van der Waals surface area contributed by atoms with Crippen LogP contribution in [0.1, 0.15) is 38.1 Å². The van der Waals surface area contributed by atoms with E-state index in [1.165, 1.54) is 4.57 Å². The Labute approximate surface area is 104 Å². The Morgan fingerprint density at radius 3 is 2.39 bits per heavy atom. The van der Waals surface area contributed by atoms with Gasteiger partial charge in [0, 0.05) is 12.2 Å². The summed E-state index contributed by atoms with van der Waals surface area (Å²) < 4.78 is 23.8. The van der Waals surface area contributed by atoms with Crippen LogP contribution in [0.25, 0.3) is 0 Å². The molecule has 100 valence electrons. The number of rotatable bonds is 2. The van der Waals surface area contributed by atoms with Gasteiger partial charge in [-0.15, -0.1) is 0 Å². The van der Waals surface area contributed by atoms with Gasteiger partial charge in [-0.2, -0.15) is 0 Å². The van der Waals surface area contributed by atoms with E-state index in [-0.39, 0.29) is 6.04 Å². The molecule has 0 saturated heterocycles. The molecule has 1 heterocycles. The Kier molecular flexibility index (Phi) is 3.40. The summed E-state index contributed by atoms with van der Waals surface area (Å²) in [5.41, 5.74) is -1.55. The first kappa shape index (κ1) is 13.0. The lowest BCUT2D eigenvalue weighted by molar-refractivity contribution is 0.339. The van der Waals surface area contributed by atoms with Gasteiger partial charge in [-0.25, -0.2) is 18.4 Å². The van der Waals surface area contributed by atoms with Crippen LogP contribution >= 0.6 is 0 Å². The fourth-order valence-electron chi connectivity index (χ4n) is 2.30. The van der Waals surface area contributed by atoms with Gasteiger partial charge >= 0.3 is 5.69 Å². The van der Waals surface area contributed by atoms with Crippen LogP contribution in [0.3, 0.4) is 0 Å². The molecule has 18 heavy (non-hydrogen) atoms. The van der Waals surface area contributed by atoms with Crippen LogP contribution in [0.4, 0.5) is 0 Å². The summed E-state index contributed by atoms with van der Waals surface area (Å²) in [6.07, 6.45) is 5.75. The van der Waals surface area contributed by atoms with E-state index in [2.05, 4.69) is 0 Å². The van der Waals surface area contributed by atoms with Crippen LogP contribution in [0, 0.1) is 0 Å². The average Bonchev–Trinajstić information content (AvgIpc) is 2.28. The maximum absolute atomic E-state index is 11.7. The number of hydrogen-bond donors (Lipinski definition) is 2. The van der Waals surface area contributed by atoms with E-state index >= 15 is 0 Å². The number of aromatic amines is 1. The van der Waals surface area contributed by atoms with Crippen molar-refractivity contribution >= 4 is 10.0 Å². The first-order valence-electron chi connectivity index (χ1n) is 5.78. The van der Waals surface area contributed by atoms with Crippen molar-refractivity contribution in [2.24, 2.45) is 5.14 Å². The van der Waals surface area contributed by atoms with Crippen molar-refractivity contribution in [1.82, 2.24) is 9.55 Å². The molecule has 0 amide bonds. The minimum absolute atomic E-state index is 0.0661. The first-order valence-corrected chi connectivity index (χ1v) is 7.32. The van der Waals surface area contributed by atoms with Crippen LogP contribution in [0.5, 0.6) is 0 Å². The molecule has 1 saturated carbocycles. The Morgan fingerprint density at radius 1 is 1.22 bits per heavy atom. The SMILES string of the molecule is NS(=O)(=O)c1cn(C2CCCCC2)c(=O)[nH]c1=O. The van der Waals surface area contributed by atoms with Gasteiger partial charge in [0.15, 0.2) is 4.90 Å². The number of sulfonamides is 1. The molecule has 1 fully saturated rings. The van der Waals surface area contributed by atoms with E-state index < -0.39 is 26.2 Å². The zero-order valence-corrected chi connectivity index (χ0v) is 10.6. The van der Waals surface area contributed by atoms with Gasteiger partial charge in [0.25, 0.3) is 5.56 Å². The van der Waals surface area contributed by atoms with E-state index in [1.54, 1.807) is 0 Å². The molecule has 0 atom stereocenters. The third kappa shape index (κ3) is 2.54. The van der Waals surface area contributed by atoms with Crippen molar-refractivity contribution < 1.29 is 8.42 Å². The van der Waals surface area contributed by atoms with Crippen molar-refractivity contribution in [2.75, 3.05) is 0 Å². The highest BCUT2D eigenvalue weighted by atomic mass is 32.2. The Hall–Kier alpha value is -1.41. The molecule has 0 aliphatic heterocycles. The summed E-state index contributed by atoms with van der Waals surface area (Å²) >= 11 is 0. The number of hydrogen-bond acceptors (Lipinski definition) is 4. The lowest BCUT2D eigenvalue weighted by atomic mass is 9.95. The lowest BCUT2D eigenvalue weighted by Gasteiger charge is -2.23. The molecule has 1 aromatic heterocycles. The summed E-state index contributed by atoms with van der Waals surface area (Å²) in [6, 6.07) is -0.0661. The van der Waals surface area contributed by atoms with Gasteiger partial charge in [-0.1, -0.05) is 19.3 Å². The zero-order chi connectivity index (χ0) is 13.3. The summed E-state index contributed by atoms with van der Waals surface area (Å²) in [5, 5.41) is 4.94. The number of primary sulfonamides is 1. The number of nitrogens with zero attached hydrogens (tertiary/aromatic N) is 1.